The van der Waals surface area contributed by atoms with Gasteiger partial charge in [0.2, 0.25) is 5.82 Å². The molecule has 2 heterocycles. The second kappa shape index (κ2) is 5.52. The highest BCUT2D eigenvalue weighted by Crippen LogP contribution is 2.16. The number of rotatable bonds is 2. The second-order valence-electron chi connectivity index (χ2n) is 5.06. The fourth-order valence-corrected chi connectivity index (χ4v) is 2.41. The molecule has 0 radical (unpaired) electrons. The van der Waals surface area contributed by atoms with Crippen LogP contribution in [0, 0.1) is 6.92 Å². The third-order valence-corrected chi connectivity index (χ3v) is 3.09. The first-order valence-corrected chi connectivity index (χ1v) is 6.44. The molecule has 1 aliphatic rings. The molecule has 2 unspecified atom stereocenters. The zero-order chi connectivity index (χ0) is 14.0. The number of anilines is 1. The van der Waals surface area contributed by atoms with Gasteiger partial charge in [0.1, 0.15) is 5.82 Å². The second-order valence-corrected chi connectivity index (χ2v) is 5.06. The average molecular weight is 264 g/mol. The molecule has 6 nitrogen and oxygen atoms in total. The van der Waals surface area contributed by atoms with E-state index in [0.717, 1.165) is 24.6 Å². The van der Waals surface area contributed by atoms with Gasteiger partial charge in [0.15, 0.2) is 0 Å². The van der Waals surface area contributed by atoms with Gasteiger partial charge in [0.25, 0.3) is 0 Å². The molecule has 0 spiro atoms. The number of carbonyl (C=O) groups excluding carboxylic acids is 1. The fourth-order valence-electron chi connectivity index (χ4n) is 2.41. The predicted octanol–water partition coefficient (Wildman–Crippen LogP) is 0.758. The summed E-state index contributed by atoms with van der Waals surface area (Å²) in [7, 11) is 1.34. The van der Waals surface area contributed by atoms with Crippen LogP contribution in [0.3, 0.4) is 0 Å². The van der Waals surface area contributed by atoms with E-state index in [2.05, 4.69) is 38.8 Å². The number of hydrogen-bond acceptors (Lipinski definition) is 6. The molecule has 1 aromatic rings. The van der Waals surface area contributed by atoms with Crippen LogP contribution in [0.25, 0.3) is 0 Å². The first-order chi connectivity index (χ1) is 8.99. The maximum absolute atomic E-state index is 11.6. The number of hydrogen-bond donors (Lipinski definition) is 1. The summed E-state index contributed by atoms with van der Waals surface area (Å²) in [4.78, 5) is 22.1. The highest BCUT2D eigenvalue weighted by Gasteiger charge is 2.23. The normalized spacial score (nSPS) is 23.3. The van der Waals surface area contributed by atoms with E-state index in [0.29, 0.717) is 12.1 Å². The molecule has 0 amide bonds. The Kier molecular flexibility index (Phi) is 3.99. The lowest BCUT2D eigenvalue weighted by Gasteiger charge is -2.37. The summed E-state index contributed by atoms with van der Waals surface area (Å²) in [6.45, 7) is 7.85. The number of methoxy groups -OCH3 is 1. The van der Waals surface area contributed by atoms with Gasteiger partial charge in [-0.2, -0.15) is 0 Å². The minimum atomic E-state index is -0.499. The number of nitrogens with zero attached hydrogens (tertiary/aromatic N) is 3. The number of aromatic nitrogens is 2. The van der Waals surface area contributed by atoms with Gasteiger partial charge in [0.05, 0.1) is 7.11 Å². The summed E-state index contributed by atoms with van der Waals surface area (Å²) in [5.41, 5.74) is 0.768. The van der Waals surface area contributed by atoms with Gasteiger partial charge in [-0.05, 0) is 20.8 Å². The van der Waals surface area contributed by atoms with Crippen LogP contribution in [-0.4, -0.2) is 48.2 Å². The Balaban J connectivity index is 2.28. The summed E-state index contributed by atoms with van der Waals surface area (Å²) in [6.07, 6.45) is 0. The van der Waals surface area contributed by atoms with E-state index in [-0.39, 0.29) is 5.82 Å². The molecule has 1 aromatic heterocycles. The molecule has 19 heavy (non-hydrogen) atoms. The van der Waals surface area contributed by atoms with E-state index < -0.39 is 5.97 Å². The quantitative estimate of drug-likeness (QED) is 0.795. The smallest absolute Gasteiger partial charge is 0.376 e. The zero-order valence-electron chi connectivity index (χ0n) is 11.8. The highest BCUT2D eigenvalue weighted by atomic mass is 16.5. The topological polar surface area (TPSA) is 67.3 Å². The summed E-state index contributed by atoms with van der Waals surface area (Å²) in [5, 5.41) is 3.47. The van der Waals surface area contributed by atoms with E-state index in [4.69, 9.17) is 0 Å². The summed E-state index contributed by atoms with van der Waals surface area (Å²) in [5.74, 6) is 0.408. The van der Waals surface area contributed by atoms with Crippen molar-refractivity contribution in [3.05, 3.63) is 17.6 Å². The number of aryl methyl sites for hydroxylation is 1. The van der Waals surface area contributed by atoms with Crippen LogP contribution in [0.1, 0.15) is 30.2 Å². The number of carbonyl (C=O) groups is 1. The van der Waals surface area contributed by atoms with Gasteiger partial charge in [-0.15, -0.1) is 0 Å². The maximum atomic E-state index is 11.6. The molecule has 104 valence electrons. The fraction of sp³-hybridized carbons (Fsp3) is 0.615. The third kappa shape index (κ3) is 3.20. The van der Waals surface area contributed by atoms with Crippen molar-refractivity contribution in [1.82, 2.24) is 15.3 Å². The number of piperazine rings is 1. The molecule has 1 saturated heterocycles. The molecule has 2 rings (SSSR count). The molecular formula is C13H20N4O2. The Labute approximate surface area is 113 Å². The first kappa shape index (κ1) is 13.7. The van der Waals surface area contributed by atoms with Gasteiger partial charge in [-0.25, -0.2) is 14.8 Å². The lowest BCUT2D eigenvalue weighted by Crippen LogP contribution is -2.54. The minimum Gasteiger partial charge on any atom is -0.463 e. The monoisotopic (exact) mass is 264 g/mol. The van der Waals surface area contributed by atoms with Gasteiger partial charge in [-0.1, -0.05) is 0 Å². The van der Waals surface area contributed by atoms with Crippen LogP contribution in [0.15, 0.2) is 6.07 Å². The lowest BCUT2D eigenvalue weighted by molar-refractivity contribution is 0.0586. The molecule has 0 aliphatic carbocycles. The van der Waals surface area contributed by atoms with E-state index in [1.165, 1.54) is 7.11 Å². The third-order valence-electron chi connectivity index (χ3n) is 3.09. The Hall–Kier alpha value is -1.69. The van der Waals surface area contributed by atoms with Crippen LogP contribution in [0.2, 0.25) is 0 Å². The largest absolute Gasteiger partial charge is 0.463 e. The number of esters is 1. The van der Waals surface area contributed by atoms with E-state index in [9.17, 15) is 4.79 Å². The zero-order valence-corrected chi connectivity index (χ0v) is 11.8. The molecule has 1 aliphatic heterocycles. The standard InChI is InChI=1S/C13H20N4O2/c1-8-5-11(16-12(15-8)13(18)19-4)17-6-9(2)14-10(3)7-17/h5,9-10,14H,6-7H2,1-4H3. The van der Waals surface area contributed by atoms with Gasteiger partial charge in [-0.3, -0.25) is 0 Å². The summed E-state index contributed by atoms with van der Waals surface area (Å²) in [6, 6.07) is 2.68. The molecule has 1 fully saturated rings. The Morgan fingerprint density at radius 3 is 2.58 bits per heavy atom. The van der Waals surface area contributed by atoms with Gasteiger partial charge < -0.3 is 15.0 Å². The first-order valence-electron chi connectivity index (χ1n) is 6.44. The lowest BCUT2D eigenvalue weighted by atomic mass is 10.1. The van der Waals surface area contributed by atoms with E-state index in [1.54, 1.807) is 0 Å². The van der Waals surface area contributed by atoms with Crippen LogP contribution in [0.4, 0.5) is 5.82 Å². The summed E-state index contributed by atoms with van der Waals surface area (Å²) < 4.78 is 4.68. The van der Waals surface area contributed by atoms with Crippen LogP contribution < -0.4 is 10.2 Å². The van der Waals surface area contributed by atoms with Crippen molar-refractivity contribution in [2.24, 2.45) is 0 Å². The summed E-state index contributed by atoms with van der Waals surface area (Å²) >= 11 is 0. The van der Waals surface area contributed by atoms with Crippen LogP contribution in [-0.2, 0) is 4.74 Å². The number of ether oxygens (including phenoxy) is 1. The van der Waals surface area contributed by atoms with Crippen molar-refractivity contribution in [1.29, 1.82) is 0 Å². The van der Waals surface area contributed by atoms with Gasteiger partial charge >= 0.3 is 5.97 Å². The molecule has 0 saturated carbocycles. The molecule has 6 heteroatoms. The Bertz CT molecular complexity index is 468. The van der Waals surface area contributed by atoms with Crippen molar-refractivity contribution in [3.8, 4) is 0 Å². The van der Waals surface area contributed by atoms with Crippen molar-refractivity contribution >= 4 is 11.8 Å². The Morgan fingerprint density at radius 1 is 1.37 bits per heavy atom. The van der Waals surface area contributed by atoms with E-state index in [1.807, 2.05) is 13.0 Å². The van der Waals surface area contributed by atoms with Crippen LogP contribution >= 0.6 is 0 Å². The molecule has 2 atom stereocenters. The minimum absolute atomic E-state index is 0.122. The molecule has 0 bridgehead atoms. The van der Waals surface area contributed by atoms with Crippen molar-refractivity contribution in [2.75, 3.05) is 25.1 Å². The number of nitrogens with one attached hydrogen (secondary N) is 1. The molecule has 0 aromatic carbocycles. The van der Waals surface area contributed by atoms with Gasteiger partial charge in [0, 0.05) is 36.9 Å². The predicted molar refractivity (Wildman–Crippen MR) is 72.4 cm³/mol. The molecular weight excluding hydrogens is 244 g/mol. The Morgan fingerprint density at radius 2 is 2.00 bits per heavy atom. The van der Waals surface area contributed by atoms with Crippen molar-refractivity contribution in [3.63, 3.8) is 0 Å². The van der Waals surface area contributed by atoms with Crippen molar-refractivity contribution < 1.29 is 9.53 Å². The SMILES string of the molecule is COC(=O)c1nc(C)cc(N2CC(C)NC(C)C2)n1. The van der Waals surface area contributed by atoms with E-state index >= 15 is 0 Å². The maximum Gasteiger partial charge on any atom is 0.376 e. The highest BCUT2D eigenvalue weighted by molar-refractivity contribution is 5.85. The molecule has 1 N–H and O–H groups in total. The van der Waals surface area contributed by atoms with Crippen molar-refractivity contribution in [2.45, 2.75) is 32.9 Å². The average Bonchev–Trinajstić information content (AvgIpc) is 2.36. The van der Waals surface area contributed by atoms with Crippen LogP contribution in [0.5, 0.6) is 0 Å².